The first-order valence-corrected chi connectivity index (χ1v) is 20.9. The Labute approximate surface area is 258 Å². The van der Waals surface area contributed by atoms with E-state index in [-0.39, 0.29) is 34.3 Å². The Morgan fingerprint density at radius 3 is 2.23 bits per heavy atom. The molecule has 3 atom stereocenters. The zero-order valence-electron chi connectivity index (χ0n) is 27.7. The Bertz CT molecular complexity index is 1490. The van der Waals surface area contributed by atoms with Gasteiger partial charge in [0.25, 0.3) is 0 Å². The molecule has 0 spiro atoms. The van der Waals surface area contributed by atoms with E-state index in [1.165, 1.54) is 6.33 Å². The predicted octanol–water partition coefficient (Wildman–Crippen LogP) is 7.48. The molecule has 0 aliphatic carbocycles. The molecule has 1 aromatic carbocycles. The fourth-order valence-electron chi connectivity index (χ4n) is 4.54. The topological polar surface area (TPSA) is 114 Å². The van der Waals surface area contributed by atoms with Gasteiger partial charge in [-0.1, -0.05) is 71.9 Å². The number of ketones is 1. The van der Waals surface area contributed by atoms with E-state index in [1.54, 1.807) is 6.92 Å². The molecule has 0 amide bonds. The van der Waals surface area contributed by atoms with Crippen LogP contribution in [0.2, 0.25) is 36.3 Å². The number of fused-ring (bicyclic) bond motifs is 1. The van der Waals surface area contributed by atoms with Crippen molar-refractivity contribution in [3.05, 3.63) is 47.5 Å². The van der Waals surface area contributed by atoms with Crippen LogP contribution in [0.5, 0.6) is 0 Å². The molecule has 1 aliphatic rings. The van der Waals surface area contributed by atoms with Crippen LogP contribution in [-0.2, 0) is 13.6 Å². The highest BCUT2D eigenvalue weighted by Crippen LogP contribution is 2.43. The van der Waals surface area contributed by atoms with Crippen molar-refractivity contribution < 1.29 is 18.4 Å². The summed E-state index contributed by atoms with van der Waals surface area (Å²) >= 11 is 0. The number of benzene rings is 1. The third kappa shape index (κ3) is 7.17. The molecule has 1 saturated heterocycles. The van der Waals surface area contributed by atoms with Crippen LogP contribution in [0.1, 0.15) is 82.9 Å². The molecule has 3 heterocycles. The minimum atomic E-state index is -2.12. The molecular weight excluding hydrogens is 575 g/mol. The Morgan fingerprint density at radius 1 is 1.02 bits per heavy atom. The number of nitrogens with two attached hydrogens (primary N) is 1. The van der Waals surface area contributed by atoms with Gasteiger partial charge in [0, 0.05) is 12.0 Å². The predicted molar refractivity (Wildman–Crippen MR) is 179 cm³/mol. The molecule has 0 saturated carbocycles. The number of aromatic nitrogens is 4. The molecule has 0 unspecified atom stereocenters. The standard InChI is InChI=1S/C32H49N5O4Si2/c1-21(38)23-15-12-22(13-16-23)14-17-26-36-28-29(33)34-20-35-30(28)37(26)27-18-24(41-43(10,11)32(5,6)7)25(40-27)19-39-42(8,9)31(2,3)4/h12-17,20,24-25,27H,18-19H2,1-11H3,(H2,33,34,35)/b17-14+/t24-,25+,27+/m0/s1. The summed E-state index contributed by atoms with van der Waals surface area (Å²) in [5.41, 5.74) is 9.00. The zero-order valence-corrected chi connectivity index (χ0v) is 29.7. The smallest absolute Gasteiger partial charge is 0.192 e. The lowest BCUT2D eigenvalue weighted by Crippen LogP contribution is -2.48. The molecule has 0 bridgehead atoms. The van der Waals surface area contributed by atoms with Crippen LogP contribution in [0, 0.1) is 0 Å². The van der Waals surface area contributed by atoms with Gasteiger partial charge < -0.3 is 19.3 Å². The fourth-order valence-corrected chi connectivity index (χ4v) is 6.91. The summed E-state index contributed by atoms with van der Waals surface area (Å²) in [6.07, 6.45) is 5.19. The number of hydrogen-bond acceptors (Lipinski definition) is 8. The van der Waals surface area contributed by atoms with Gasteiger partial charge in [0.15, 0.2) is 39.4 Å². The maximum absolute atomic E-state index is 11.7. The first kappa shape index (κ1) is 33.2. The Kier molecular flexibility index (Phi) is 9.26. The Morgan fingerprint density at radius 2 is 1.65 bits per heavy atom. The summed E-state index contributed by atoms with van der Waals surface area (Å²) < 4.78 is 22.5. The zero-order chi connectivity index (χ0) is 32.0. The van der Waals surface area contributed by atoms with Gasteiger partial charge >= 0.3 is 0 Å². The lowest BCUT2D eigenvalue weighted by atomic mass is 10.1. The summed E-state index contributed by atoms with van der Waals surface area (Å²) in [6.45, 7) is 24.6. The molecule has 9 nitrogen and oxygen atoms in total. The summed E-state index contributed by atoms with van der Waals surface area (Å²) in [6, 6.07) is 7.48. The molecule has 1 aliphatic heterocycles. The minimum absolute atomic E-state index is 0.0336. The van der Waals surface area contributed by atoms with E-state index in [0.717, 1.165) is 5.56 Å². The molecule has 43 heavy (non-hydrogen) atoms. The number of rotatable bonds is 9. The Balaban J connectivity index is 1.72. The number of Topliss-reactive ketones (excluding diaryl/α,β-unsaturated/α-hetero) is 1. The SMILES string of the molecule is CC(=O)c1ccc(/C=C/c2nc3c(N)ncnc3n2[C@H]2C[C@H](O[Si](C)(C)C(C)(C)C)[C@@H](CO[Si](C)(C)C(C)(C)C)O2)cc1. The van der Waals surface area contributed by atoms with Crippen molar-refractivity contribution in [2.75, 3.05) is 12.3 Å². The number of carbonyl (C=O) groups is 1. The summed E-state index contributed by atoms with van der Waals surface area (Å²) in [7, 11) is -4.14. The van der Waals surface area contributed by atoms with Gasteiger partial charge in [0.05, 0.1) is 12.7 Å². The number of imidazole rings is 1. The highest BCUT2D eigenvalue weighted by Gasteiger charge is 2.47. The number of nitrogen functional groups attached to an aromatic ring is 1. The van der Waals surface area contributed by atoms with Crippen LogP contribution in [0.4, 0.5) is 5.82 Å². The number of nitrogens with zero attached hydrogens (tertiary/aromatic N) is 4. The van der Waals surface area contributed by atoms with E-state index in [2.05, 4.69) is 77.7 Å². The molecule has 11 heteroatoms. The maximum Gasteiger partial charge on any atom is 0.192 e. The van der Waals surface area contributed by atoms with Crippen LogP contribution in [0.3, 0.4) is 0 Å². The van der Waals surface area contributed by atoms with Gasteiger partial charge in [0.2, 0.25) is 0 Å². The minimum Gasteiger partial charge on any atom is -0.414 e. The largest absolute Gasteiger partial charge is 0.414 e. The first-order chi connectivity index (χ1) is 19.8. The summed E-state index contributed by atoms with van der Waals surface area (Å²) in [5, 5.41) is 0.126. The molecule has 0 radical (unpaired) electrons. The van der Waals surface area contributed by atoms with Gasteiger partial charge in [-0.2, -0.15) is 0 Å². The molecule has 234 valence electrons. The molecule has 4 rings (SSSR count). The quantitative estimate of drug-likeness (QED) is 0.193. The molecule has 2 aromatic heterocycles. The van der Waals surface area contributed by atoms with Crippen molar-refractivity contribution in [2.45, 2.75) is 110 Å². The van der Waals surface area contributed by atoms with Gasteiger partial charge in [-0.3, -0.25) is 9.36 Å². The lowest BCUT2D eigenvalue weighted by molar-refractivity contribution is -0.0385. The van der Waals surface area contributed by atoms with Crippen molar-refractivity contribution in [3.8, 4) is 0 Å². The van der Waals surface area contributed by atoms with E-state index in [0.29, 0.717) is 41.4 Å². The van der Waals surface area contributed by atoms with Crippen molar-refractivity contribution in [2.24, 2.45) is 0 Å². The van der Waals surface area contributed by atoms with Gasteiger partial charge in [-0.05, 0) is 54.8 Å². The van der Waals surface area contributed by atoms with Crippen molar-refractivity contribution in [1.82, 2.24) is 19.5 Å². The third-order valence-electron chi connectivity index (χ3n) is 9.41. The normalized spacial score (nSPS) is 20.4. The Hall–Kier alpha value is -2.71. The molecule has 2 N–H and O–H groups in total. The van der Waals surface area contributed by atoms with E-state index < -0.39 is 16.6 Å². The van der Waals surface area contributed by atoms with Gasteiger partial charge in [-0.25, -0.2) is 15.0 Å². The average Bonchev–Trinajstić information content (AvgIpc) is 3.46. The number of anilines is 1. The third-order valence-corrected chi connectivity index (χ3v) is 18.4. The van der Waals surface area contributed by atoms with Crippen LogP contribution < -0.4 is 5.73 Å². The first-order valence-electron chi connectivity index (χ1n) is 15.1. The van der Waals surface area contributed by atoms with Crippen molar-refractivity contribution in [1.29, 1.82) is 0 Å². The van der Waals surface area contributed by atoms with E-state index in [1.807, 2.05) is 41.0 Å². The maximum atomic E-state index is 11.7. The molecule has 3 aromatic rings. The second-order valence-electron chi connectivity index (χ2n) is 14.6. The summed E-state index contributed by atoms with van der Waals surface area (Å²) in [5.74, 6) is 1.00. The van der Waals surface area contributed by atoms with Crippen molar-refractivity contribution >= 4 is 51.6 Å². The summed E-state index contributed by atoms with van der Waals surface area (Å²) in [4.78, 5) is 25.3. The highest BCUT2D eigenvalue weighted by atomic mass is 28.4. The second-order valence-corrected chi connectivity index (χ2v) is 24.2. The van der Waals surface area contributed by atoms with Gasteiger partial charge in [-0.15, -0.1) is 0 Å². The molecular formula is C32H49N5O4Si2. The van der Waals surface area contributed by atoms with Crippen molar-refractivity contribution in [3.63, 3.8) is 0 Å². The van der Waals surface area contributed by atoms with Crippen LogP contribution in [0.15, 0.2) is 30.6 Å². The fraction of sp³-hybridized carbons (Fsp3) is 0.562. The van der Waals surface area contributed by atoms with E-state index in [4.69, 9.17) is 24.3 Å². The van der Waals surface area contributed by atoms with E-state index >= 15 is 0 Å². The lowest BCUT2D eigenvalue weighted by Gasteiger charge is -2.40. The van der Waals surface area contributed by atoms with Crippen LogP contribution in [-0.4, -0.2) is 60.8 Å². The van der Waals surface area contributed by atoms with Crippen LogP contribution in [0.25, 0.3) is 23.3 Å². The average molecular weight is 624 g/mol. The highest BCUT2D eigenvalue weighted by molar-refractivity contribution is 6.74. The van der Waals surface area contributed by atoms with Crippen LogP contribution >= 0.6 is 0 Å². The van der Waals surface area contributed by atoms with Gasteiger partial charge in [0.1, 0.15) is 24.5 Å². The van der Waals surface area contributed by atoms with E-state index in [9.17, 15) is 4.79 Å². The number of ether oxygens (including phenoxy) is 1. The molecule has 1 fully saturated rings. The number of hydrogen-bond donors (Lipinski definition) is 1. The second kappa shape index (κ2) is 12.0. The number of carbonyl (C=O) groups excluding carboxylic acids is 1. The monoisotopic (exact) mass is 623 g/mol.